The van der Waals surface area contributed by atoms with E-state index in [1.54, 1.807) is 0 Å². The third-order valence-corrected chi connectivity index (χ3v) is 5.50. The van der Waals surface area contributed by atoms with Gasteiger partial charge >= 0.3 is 0 Å². The molecule has 0 aromatic rings. The monoisotopic (exact) mass is 222 g/mol. The van der Waals surface area contributed by atoms with Gasteiger partial charge in [0.25, 0.3) is 0 Å². The Morgan fingerprint density at radius 2 is 2.00 bits per heavy atom. The van der Waals surface area contributed by atoms with Crippen molar-refractivity contribution in [3.8, 4) is 0 Å². The van der Waals surface area contributed by atoms with Crippen molar-refractivity contribution < 1.29 is 4.74 Å². The number of ether oxygens (including phenoxy) is 1. The Bertz CT molecular complexity index is 299. The zero-order chi connectivity index (χ0) is 12.0. The highest BCUT2D eigenvalue weighted by atomic mass is 16.5. The molecular formula is C15H26O. The summed E-state index contributed by atoms with van der Waals surface area (Å²) in [5.41, 5.74) is 2.24. The molecular weight excluding hydrogens is 196 g/mol. The van der Waals surface area contributed by atoms with Crippen molar-refractivity contribution in [2.24, 2.45) is 16.7 Å². The molecule has 92 valence electrons. The topological polar surface area (TPSA) is 9.23 Å². The Kier molecular flexibility index (Phi) is 2.94. The lowest BCUT2D eigenvalue weighted by atomic mass is 9.70. The molecule has 2 saturated carbocycles. The molecule has 3 atom stereocenters. The number of rotatable bonds is 3. The SMILES string of the molecule is CC(C)=CCO[C@H]1C[C@@H]2CC[C@]1(C)C2(C)C. The van der Waals surface area contributed by atoms with Crippen molar-refractivity contribution in [1.82, 2.24) is 0 Å². The zero-order valence-electron chi connectivity index (χ0n) is 11.5. The van der Waals surface area contributed by atoms with E-state index in [0.29, 0.717) is 16.9 Å². The van der Waals surface area contributed by atoms with Gasteiger partial charge in [0, 0.05) is 0 Å². The zero-order valence-corrected chi connectivity index (χ0v) is 11.5. The van der Waals surface area contributed by atoms with Crippen molar-refractivity contribution in [2.45, 2.75) is 60.0 Å². The first-order valence-electron chi connectivity index (χ1n) is 6.63. The quantitative estimate of drug-likeness (QED) is 0.651. The molecule has 0 amide bonds. The summed E-state index contributed by atoms with van der Waals surface area (Å²) in [5, 5.41) is 0. The lowest BCUT2D eigenvalue weighted by Gasteiger charge is -2.38. The molecule has 0 radical (unpaired) electrons. The third-order valence-electron chi connectivity index (χ3n) is 5.50. The van der Waals surface area contributed by atoms with Gasteiger partial charge in [0.05, 0.1) is 12.7 Å². The van der Waals surface area contributed by atoms with E-state index in [1.165, 1.54) is 24.8 Å². The average molecular weight is 222 g/mol. The molecule has 0 saturated heterocycles. The average Bonchev–Trinajstić information content (AvgIpc) is 2.49. The Balaban J connectivity index is 2.02. The Hall–Kier alpha value is -0.300. The van der Waals surface area contributed by atoms with Gasteiger partial charge in [0.15, 0.2) is 0 Å². The highest BCUT2D eigenvalue weighted by molar-refractivity contribution is 5.11. The van der Waals surface area contributed by atoms with Crippen molar-refractivity contribution in [1.29, 1.82) is 0 Å². The van der Waals surface area contributed by atoms with E-state index in [-0.39, 0.29) is 0 Å². The van der Waals surface area contributed by atoms with Crippen molar-refractivity contribution in [3.63, 3.8) is 0 Å². The summed E-state index contributed by atoms with van der Waals surface area (Å²) in [5.74, 6) is 0.884. The minimum absolute atomic E-state index is 0.410. The van der Waals surface area contributed by atoms with Gasteiger partial charge in [-0.3, -0.25) is 0 Å². The van der Waals surface area contributed by atoms with Crippen LogP contribution in [0.15, 0.2) is 11.6 Å². The largest absolute Gasteiger partial charge is 0.374 e. The molecule has 1 heteroatoms. The van der Waals surface area contributed by atoms with Gasteiger partial charge in [0.1, 0.15) is 0 Å². The van der Waals surface area contributed by atoms with Crippen LogP contribution in [0.3, 0.4) is 0 Å². The molecule has 2 rings (SSSR count). The van der Waals surface area contributed by atoms with Crippen LogP contribution in [0.4, 0.5) is 0 Å². The van der Waals surface area contributed by atoms with Gasteiger partial charge in [-0.1, -0.05) is 32.4 Å². The summed E-state index contributed by atoms with van der Waals surface area (Å²) < 4.78 is 6.11. The van der Waals surface area contributed by atoms with Crippen LogP contribution in [0, 0.1) is 16.7 Å². The second-order valence-corrected chi connectivity index (χ2v) is 6.71. The normalized spacial score (nSPS) is 40.1. The van der Waals surface area contributed by atoms with E-state index in [0.717, 1.165) is 12.5 Å². The van der Waals surface area contributed by atoms with Crippen molar-refractivity contribution in [2.75, 3.05) is 6.61 Å². The highest BCUT2D eigenvalue weighted by Gasteiger charge is 2.61. The molecule has 0 heterocycles. The van der Waals surface area contributed by atoms with Crippen LogP contribution < -0.4 is 0 Å². The second kappa shape index (κ2) is 3.87. The first-order valence-corrected chi connectivity index (χ1v) is 6.63. The molecule has 2 aliphatic rings. The van der Waals surface area contributed by atoms with Crippen molar-refractivity contribution >= 4 is 0 Å². The van der Waals surface area contributed by atoms with Gasteiger partial charge in [-0.2, -0.15) is 0 Å². The molecule has 2 aliphatic carbocycles. The summed E-state index contributed by atoms with van der Waals surface area (Å²) in [4.78, 5) is 0. The van der Waals surface area contributed by atoms with Crippen LogP contribution >= 0.6 is 0 Å². The lowest BCUT2D eigenvalue weighted by molar-refractivity contribution is -0.0353. The fourth-order valence-corrected chi connectivity index (χ4v) is 3.71. The molecule has 0 aromatic heterocycles. The van der Waals surface area contributed by atoms with Gasteiger partial charge in [-0.05, 0) is 49.9 Å². The summed E-state index contributed by atoms with van der Waals surface area (Å²) >= 11 is 0. The van der Waals surface area contributed by atoms with E-state index >= 15 is 0 Å². The predicted molar refractivity (Wildman–Crippen MR) is 68.4 cm³/mol. The minimum Gasteiger partial charge on any atom is -0.374 e. The lowest BCUT2D eigenvalue weighted by Crippen LogP contribution is -2.37. The van der Waals surface area contributed by atoms with E-state index in [9.17, 15) is 0 Å². The highest BCUT2D eigenvalue weighted by Crippen LogP contribution is 2.66. The van der Waals surface area contributed by atoms with Crippen LogP contribution in [0.5, 0.6) is 0 Å². The van der Waals surface area contributed by atoms with E-state index < -0.39 is 0 Å². The number of hydrogen-bond donors (Lipinski definition) is 0. The molecule has 1 nitrogen and oxygen atoms in total. The van der Waals surface area contributed by atoms with E-state index in [2.05, 4.69) is 40.7 Å². The maximum absolute atomic E-state index is 6.11. The molecule has 0 spiro atoms. The molecule has 0 aliphatic heterocycles. The number of fused-ring (bicyclic) bond motifs is 2. The first kappa shape index (κ1) is 12.2. The van der Waals surface area contributed by atoms with Crippen LogP contribution in [0.25, 0.3) is 0 Å². The van der Waals surface area contributed by atoms with Crippen LogP contribution in [-0.4, -0.2) is 12.7 Å². The van der Waals surface area contributed by atoms with Crippen LogP contribution in [-0.2, 0) is 4.74 Å². The molecule has 0 aromatic carbocycles. The van der Waals surface area contributed by atoms with E-state index in [1.807, 2.05) is 0 Å². The van der Waals surface area contributed by atoms with Crippen molar-refractivity contribution in [3.05, 3.63) is 11.6 Å². The standard InChI is InChI=1S/C15H26O/c1-11(2)7-9-16-13-10-12-6-8-15(13,5)14(12,3)4/h7,12-13H,6,8-10H2,1-5H3/t12-,13-,15-/m0/s1. The Morgan fingerprint density at radius 1 is 1.31 bits per heavy atom. The molecule has 2 fully saturated rings. The maximum Gasteiger partial charge on any atom is 0.0653 e. The fraction of sp³-hybridized carbons (Fsp3) is 0.867. The van der Waals surface area contributed by atoms with Gasteiger partial charge in [-0.25, -0.2) is 0 Å². The minimum atomic E-state index is 0.410. The predicted octanol–water partition coefficient (Wildman–Crippen LogP) is 4.18. The smallest absolute Gasteiger partial charge is 0.0653 e. The number of hydrogen-bond acceptors (Lipinski definition) is 1. The molecule has 2 bridgehead atoms. The van der Waals surface area contributed by atoms with Gasteiger partial charge in [0.2, 0.25) is 0 Å². The summed E-state index contributed by atoms with van der Waals surface area (Å²) in [7, 11) is 0. The number of allylic oxidation sites excluding steroid dienone is 1. The summed E-state index contributed by atoms with van der Waals surface area (Å²) in [6, 6.07) is 0. The third kappa shape index (κ3) is 1.64. The fourth-order valence-electron chi connectivity index (χ4n) is 3.71. The Morgan fingerprint density at radius 3 is 2.44 bits per heavy atom. The molecule has 16 heavy (non-hydrogen) atoms. The van der Waals surface area contributed by atoms with Gasteiger partial charge in [-0.15, -0.1) is 0 Å². The maximum atomic E-state index is 6.11. The van der Waals surface area contributed by atoms with Crippen LogP contribution in [0.1, 0.15) is 53.9 Å². The van der Waals surface area contributed by atoms with Gasteiger partial charge < -0.3 is 4.74 Å². The summed E-state index contributed by atoms with van der Waals surface area (Å²) in [6.45, 7) is 12.4. The first-order chi connectivity index (χ1) is 7.38. The van der Waals surface area contributed by atoms with E-state index in [4.69, 9.17) is 4.74 Å². The van der Waals surface area contributed by atoms with Crippen LogP contribution in [0.2, 0.25) is 0 Å². The molecule has 0 unspecified atom stereocenters. The summed E-state index contributed by atoms with van der Waals surface area (Å²) in [6.07, 6.45) is 6.72. The Labute approximate surface area is 100 Å². The molecule has 0 N–H and O–H groups in total. The second-order valence-electron chi connectivity index (χ2n) is 6.71.